The molecule has 0 aromatic carbocycles. The van der Waals surface area contributed by atoms with Gasteiger partial charge in [0.15, 0.2) is 0 Å². The molecule has 0 bridgehead atoms. The first-order chi connectivity index (χ1) is 16.0. The van der Waals surface area contributed by atoms with E-state index in [-0.39, 0.29) is 11.9 Å². The van der Waals surface area contributed by atoms with Crippen LogP contribution in [0, 0.1) is 0 Å². The number of likely N-dealkylation sites (tertiary alicyclic amines) is 1. The number of hydrogen-bond donors (Lipinski definition) is 1. The van der Waals surface area contributed by atoms with Gasteiger partial charge >= 0.3 is 0 Å². The average Bonchev–Trinajstić information content (AvgIpc) is 3.50. The van der Waals surface area contributed by atoms with Gasteiger partial charge in [-0.3, -0.25) is 19.1 Å². The Hall–Kier alpha value is -3.59. The molecule has 0 saturated carbocycles. The van der Waals surface area contributed by atoms with Crippen molar-refractivity contribution < 1.29 is 4.79 Å². The summed E-state index contributed by atoms with van der Waals surface area (Å²) >= 11 is 0. The Labute approximate surface area is 192 Å². The monoisotopic (exact) mass is 444 g/mol. The third-order valence-electron chi connectivity index (χ3n) is 6.20. The van der Waals surface area contributed by atoms with Crippen LogP contribution in [0.5, 0.6) is 0 Å². The topological polar surface area (TPSA) is 93.8 Å². The number of pyridine rings is 2. The van der Waals surface area contributed by atoms with Crippen LogP contribution in [-0.2, 0) is 0 Å². The van der Waals surface area contributed by atoms with Crippen LogP contribution >= 0.6 is 0 Å². The second-order valence-electron chi connectivity index (χ2n) is 8.99. The molecule has 1 aliphatic heterocycles. The van der Waals surface area contributed by atoms with Crippen molar-refractivity contribution in [1.82, 2.24) is 34.4 Å². The molecule has 1 aliphatic rings. The molecule has 0 atom stereocenters. The van der Waals surface area contributed by atoms with Gasteiger partial charge in [0.1, 0.15) is 5.82 Å². The molecule has 1 N–H and O–H groups in total. The minimum Gasteiger partial charge on any atom is -0.306 e. The van der Waals surface area contributed by atoms with Gasteiger partial charge < -0.3 is 10.2 Å². The lowest BCUT2D eigenvalue weighted by Crippen LogP contribution is -2.31. The number of amides is 1. The molecule has 0 unspecified atom stereocenters. The number of nitrogens with one attached hydrogen (secondary N) is 1. The molecule has 170 valence electrons. The highest BCUT2D eigenvalue weighted by molar-refractivity contribution is 6.04. The van der Waals surface area contributed by atoms with E-state index in [1.54, 1.807) is 23.3 Å². The van der Waals surface area contributed by atoms with Gasteiger partial charge in [0, 0.05) is 41.8 Å². The second-order valence-corrected chi connectivity index (χ2v) is 8.99. The number of carbonyl (C=O) groups is 1. The fourth-order valence-electron chi connectivity index (χ4n) is 4.12. The summed E-state index contributed by atoms with van der Waals surface area (Å²) in [6.07, 6.45) is 13.0. The summed E-state index contributed by atoms with van der Waals surface area (Å²) in [5, 5.41) is 13.6. The van der Waals surface area contributed by atoms with Gasteiger partial charge in [-0.1, -0.05) is 0 Å². The predicted octanol–water partition coefficient (Wildman–Crippen LogP) is 3.79. The minimum absolute atomic E-state index is 0.195. The fraction of sp³-hybridized carbons (Fsp3) is 0.375. The fourth-order valence-corrected chi connectivity index (χ4v) is 4.12. The van der Waals surface area contributed by atoms with Gasteiger partial charge in [-0.2, -0.15) is 10.2 Å². The summed E-state index contributed by atoms with van der Waals surface area (Å²) in [6.45, 7) is 6.22. The molecule has 0 spiro atoms. The molecule has 0 radical (unpaired) electrons. The number of carbonyl (C=O) groups excluding carboxylic acids is 1. The van der Waals surface area contributed by atoms with Crippen molar-refractivity contribution in [2.24, 2.45) is 0 Å². The Kier molecular flexibility index (Phi) is 5.63. The first-order valence-electron chi connectivity index (χ1n) is 11.3. The van der Waals surface area contributed by atoms with Gasteiger partial charge in [-0.15, -0.1) is 0 Å². The Morgan fingerprint density at radius 2 is 1.79 bits per heavy atom. The highest BCUT2D eigenvalue weighted by Crippen LogP contribution is 2.26. The molecule has 9 heteroatoms. The van der Waals surface area contributed by atoms with Crippen molar-refractivity contribution in [2.75, 3.05) is 25.5 Å². The number of hydrogen-bond acceptors (Lipinski definition) is 6. The van der Waals surface area contributed by atoms with Crippen molar-refractivity contribution >= 4 is 22.5 Å². The van der Waals surface area contributed by atoms with Gasteiger partial charge in [-0.05, 0) is 64.3 Å². The van der Waals surface area contributed by atoms with Crippen LogP contribution in [0.25, 0.3) is 22.0 Å². The van der Waals surface area contributed by atoms with Crippen LogP contribution in [0.2, 0.25) is 0 Å². The van der Waals surface area contributed by atoms with Crippen molar-refractivity contribution in [3.8, 4) is 11.3 Å². The average molecular weight is 445 g/mol. The lowest BCUT2D eigenvalue weighted by atomic mass is 10.1. The largest absolute Gasteiger partial charge is 0.306 e. The molecular formula is C24H28N8O. The molecule has 5 rings (SSSR count). The molecular weight excluding hydrogens is 416 g/mol. The quantitative estimate of drug-likeness (QED) is 0.503. The lowest BCUT2D eigenvalue weighted by Gasteiger charge is -2.28. The smallest absolute Gasteiger partial charge is 0.260 e. The van der Waals surface area contributed by atoms with E-state index in [9.17, 15) is 4.79 Å². The van der Waals surface area contributed by atoms with E-state index < -0.39 is 0 Å². The third-order valence-corrected chi connectivity index (χ3v) is 6.20. The third kappa shape index (κ3) is 4.49. The SMILES string of the molecule is CC(C)n1cc(C(=O)Nc2cc3cc(-c4cnn(C5CCN(C)CC5)c4)ncc3cn2)cn1. The Bertz CT molecular complexity index is 1280. The number of aromatic nitrogens is 6. The zero-order chi connectivity index (χ0) is 22.9. The van der Waals surface area contributed by atoms with E-state index in [0.29, 0.717) is 17.4 Å². The zero-order valence-electron chi connectivity index (χ0n) is 19.1. The number of nitrogens with zero attached hydrogens (tertiary/aromatic N) is 7. The molecule has 1 saturated heterocycles. The van der Waals surface area contributed by atoms with Gasteiger partial charge in [0.2, 0.25) is 0 Å². The summed E-state index contributed by atoms with van der Waals surface area (Å²) in [4.78, 5) is 23.9. The first-order valence-corrected chi connectivity index (χ1v) is 11.3. The molecule has 9 nitrogen and oxygen atoms in total. The first kappa shape index (κ1) is 21.3. The zero-order valence-corrected chi connectivity index (χ0v) is 19.1. The maximum Gasteiger partial charge on any atom is 0.260 e. The summed E-state index contributed by atoms with van der Waals surface area (Å²) in [6, 6.07) is 4.51. The molecule has 1 fully saturated rings. The Balaban J connectivity index is 1.35. The summed E-state index contributed by atoms with van der Waals surface area (Å²) in [5.41, 5.74) is 2.34. The van der Waals surface area contributed by atoms with Crippen LogP contribution < -0.4 is 5.32 Å². The summed E-state index contributed by atoms with van der Waals surface area (Å²) in [5.74, 6) is 0.256. The highest BCUT2D eigenvalue weighted by atomic mass is 16.1. The van der Waals surface area contributed by atoms with Crippen molar-refractivity contribution in [3.63, 3.8) is 0 Å². The van der Waals surface area contributed by atoms with Crippen molar-refractivity contribution in [1.29, 1.82) is 0 Å². The van der Waals surface area contributed by atoms with E-state index in [2.05, 4.69) is 48.3 Å². The van der Waals surface area contributed by atoms with Gasteiger partial charge in [0.25, 0.3) is 5.91 Å². The van der Waals surface area contributed by atoms with Crippen LogP contribution in [0.1, 0.15) is 49.1 Å². The molecule has 5 heterocycles. The summed E-state index contributed by atoms with van der Waals surface area (Å²) in [7, 11) is 2.16. The van der Waals surface area contributed by atoms with Crippen molar-refractivity contribution in [3.05, 3.63) is 54.9 Å². The molecule has 4 aromatic rings. The van der Waals surface area contributed by atoms with Crippen LogP contribution in [0.4, 0.5) is 5.82 Å². The van der Waals surface area contributed by atoms with E-state index in [1.165, 1.54) is 0 Å². The standard InChI is InChI=1S/C24H28N8O/c1-16(2)31-15-20(13-27-31)24(33)29-23-9-17-8-22(25-10-18(17)11-26-23)19-12-28-32(14-19)21-4-6-30(3)7-5-21/h8-16,21H,4-7H2,1-3H3,(H,26,29,33). The van der Waals surface area contributed by atoms with E-state index in [4.69, 9.17) is 0 Å². The van der Waals surface area contributed by atoms with E-state index in [0.717, 1.165) is 48.0 Å². The minimum atomic E-state index is -0.234. The van der Waals surface area contributed by atoms with Crippen molar-refractivity contribution in [2.45, 2.75) is 38.8 Å². The molecule has 4 aromatic heterocycles. The number of rotatable bonds is 5. The van der Waals surface area contributed by atoms with Crippen LogP contribution in [-0.4, -0.2) is 60.5 Å². The molecule has 33 heavy (non-hydrogen) atoms. The maximum atomic E-state index is 12.6. The van der Waals surface area contributed by atoms with Crippen LogP contribution in [0.15, 0.2) is 49.3 Å². The predicted molar refractivity (Wildman–Crippen MR) is 127 cm³/mol. The van der Waals surface area contributed by atoms with E-state index in [1.807, 2.05) is 38.4 Å². The molecule has 0 aliphatic carbocycles. The normalized spacial score (nSPS) is 15.4. The number of anilines is 1. The Morgan fingerprint density at radius 3 is 2.55 bits per heavy atom. The number of fused-ring (bicyclic) bond motifs is 1. The highest BCUT2D eigenvalue weighted by Gasteiger charge is 2.19. The van der Waals surface area contributed by atoms with Gasteiger partial charge in [0.05, 0.1) is 29.7 Å². The van der Waals surface area contributed by atoms with E-state index >= 15 is 0 Å². The number of piperidine rings is 1. The van der Waals surface area contributed by atoms with Gasteiger partial charge in [-0.25, -0.2) is 4.98 Å². The Morgan fingerprint density at radius 1 is 1.00 bits per heavy atom. The molecule has 1 amide bonds. The summed E-state index contributed by atoms with van der Waals surface area (Å²) < 4.78 is 3.83. The second kappa shape index (κ2) is 8.74. The maximum absolute atomic E-state index is 12.6. The lowest BCUT2D eigenvalue weighted by molar-refractivity contribution is 0.102. The van der Waals surface area contributed by atoms with Crippen LogP contribution in [0.3, 0.4) is 0 Å².